The number of aryl methyl sites for hydroxylation is 2. The lowest BCUT2D eigenvalue weighted by Crippen LogP contribution is -1.97. The van der Waals surface area contributed by atoms with Crippen LogP contribution in [0.5, 0.6) is 0 Å². The van der Waals surface area contributed by atoms with Crippen LogP contribution >= 0.6 is 15.9 Å². The van der Waals surface area contributed by atoms with Crippen LogP contribution in [0.25, 0.3) is 5.69 Å². The molecule has 15 heavy (non-hydrogen) atoms. The van der Waals surface area contributed by atoms with Gasteiger partial charge in [0, 0.05) is 4.47 Å². The van der Waals surface area contributed by atoms with Crippen LogP contribution in [-0.4, -0.2) is 15.0 Å². The number of rotatable bonds is 2. The van der Waals surface area contributed by atoms with E-state index in [0.29, 0.717) is 0 Å². The van der Waals surface area contributed by atoms with Crippen LogP contribution in [0.3, 0.4) is 0 Å². The molecule has 0 saturated heterocycles. The van der Waals surface area contributed by atoms with E-state index in [1.807, 2.05) is 23.0 Å². The quantitative estimate of drug-likeness (QED) is 0.836. The first kappa shape index (κ1) is 10.4. The molecule has 0 aliphatic rings. The molecule has 0 saturated carbocycles. The van der Waals surface area contributed by atoms with E-state index in [1.54, 1.807) is 0 Å². The van der Waals surface area contributed by atoms with Crippen LogP contribution in [0, 0.1) is 6.92 Å². The summed E-state index contributed by atoms with van der Waals surface area (Å²) >= 11 is 3.46. The van der Waals surface area contributed by atoms with Crippen LogP contribution in [0.1, 0.15) is 18.2 Å². The first-order valence-electron chi connectivity index (χ1n) is 4.88. The van der Waals surface area contributed by atoms with Crippen LogP contribution in [0.4, 0.5) is 0 Å². The summed E-state index contributed by atoms with van der Waals surface area (Å²) < 4.78 is 2.87. The lowest BCUT2D eigenvalue weighted by Gasteiger charge is -2.04. The summed E-state index contributed by atoms with van der Waals surface area (Å²) in [6.07, 6.45) is 2.88. The Bertz CT molecular complexity index is 476. The Kier molecular flexibility index (Phi) is 2.86. The van der Waals surface area contributed by atoms with Crippen LogP contribution < -0.4 is 0 Å². The second-order valence-corrected chi connectivity index (χ2v) is 4.35. The van der Waals surface area contributed by atoms with Crippen molar-refractivity contribution in [2.24, 2.45) is 0 Å². The Balaban J connectivity index is 2.48. The Morgan fingerprint density at radius 1 is 1.40 bits per heavy atom. The smallest absolute Gasteiger partial charge is 0.0829 e. The van der Waals surface area contributed by atoms with E-state index in [-0.39, 0.29) is 0 Å². The fourth-order valence-electron chi connectivity index (χ4n) is 1.41. The highest BCUT2D eigenvalue weighted by atomic mass is 79.9. The zero-order chi connectivity index (χ0) is 10.8. The van der Waals surface area contributed by atoms with Gasteiger partial charge in [0.2, 0.25) is 0 Å². The molecule has 0 unspecified atom stereocenters. The van der Waals surface area contributed by atoms with E-state index in [9.17, 15) is 0 Å². The molecule has 2 rings (SSSR count). The number of hydrogen-bond donors (Lipinski definition) is 0. The van der Waals surface area contributed by atoms with Crippen molar-refractivity contribution in [1.82, 2.24) is 15.0 Å². The van der Waals surface area contributed by atoms with Gasteiger partial charge < -0.3 is 0 Å². The topological polar surface area (TPSA) is 30.7 Å². The molecular formula is C11H12BrN3. The van der Waals surface area contributed by atoms with Crippen molar-refractivity contribution in [1.29, 1.82) is 0 Å². The Morgan fingerprint density at radius 3 is 2.87 bits per heavy atom. The summed E-state index contributed by atoms with van der Waals surface area (Å²) in [6.45, 7) is 4.14. The molecule has 1 heterocycles. The molecule has 0 aliphatic carbocycles. The minimum absolute atomic E-state index is 0.910. The fourth-order valence-corrected chi connectivity index (χ4v) is 1.76. The highest BCUT2D eigenvalue weighted by Gasteiger charge is 2.04. The van der Waals surface area contributed by atoms with Gasteiger partial charge in [0.25, 0.3) is 0 Å². The molecule has 78 valence electrons. The zero-order valence-electron chi connectivity index (χ0n) is 8.74. The number of benzene rings is 1. The van der Waals surface area contributed by atoms with Crippen molar-refractivity contribution < 1.29 is 0 Å². The zero-order valence-corrected chi connectivity index (χ0v) is 10.3. The molecule has 0 N–H and O–H groups in total. The molecule has 1 aromatic carbocycles. The molecule has 0 spiro atoms. The Morgan fingerprint density at radius 2 is 2.20 bits per heavy atom. The van der Waals surface area contributed by atoms with Crippen molar-refractivity contribution >= 4 is 15.9 Å². The van der Waals surface area contributed by atoms with Crippen LogP contribution in [0.15, 0.2) is 28.9 Å². The third-order valence-electron chi connectivity index (χ3n) is 2.32. The summed E-state index contributed by atoms with van der Waals surface area (Å²) in [5.41, 5.74) is 3.26. The highest BCUT2D eigenvalue weighted by Crippen LogP contribution is 2.19. The second kappa shape index (κ2) is 4.14. The predicted octanol–water partition coefficient (Wildman–Crippen LogP) is 2.90. The second-order valence-electron chi connectivity index (χ2n) is 3.44. The molecule has 4 heteroatoms. The van der Waals surface area contributed by atoms with E-state index >= 15 is 0 Å². The van der Waals surface area contributed by atoms with Crippen molar-refractivity contribution in [2.75, 3.05) is 0 Å². The summed E-state index contributed by atoms with van der Waals surface area (Å²) in [4.78, 5) is 0. The van der Waals surface area contributed by atoms with Gasteiger partial charge in [-0.25, -0.2) is 4.68 Å². The molecular weight excluding hydrogens is 254 g/mol. The van der Waals surface area contributed by atoms with E-state index in [0.717, 1.165) is 22.3 Å². The third-order valence-corrected chi connectivity index (χ3v) is 2.81. The standard InChI is InChI=1S/C11H12BrN3/c1-3-10-7-15(14-13-10)11-6-9(12)5-4-8(11)2/h4-7H,3H2,1-2H3. The first-order chi connectivity index (χ1) is 7.20. The fraction of sp³-hybridized carbons (Fsp3) is 0.273. The van der Waals surface area contributed by atoms with Gasteiger partial charge >= 0.3 is 0 Å². The van der Waals surface area contributed by atoms with Gasteiger partial charge in [-0.2, -0.15) is 0 Å². The molecule has 0 amide bonds. The lowest BCUT2D eigenvalue weighted by molar-refractivity contribution is 0.793. The van der Waals surface area contributed by atoms with Gasteiger partial charge in [-0.1, -0.05) is 34.1 Å². The molecule has 0 radical (unpaired) electrons. The summed E-state index contributed by atoms with van der Waals surface area (Å²) in [7, 11) is 0. The monoisotopic (exact) mass is 265 g/mol. The molecule has 2 aromatic rings. The molecule has 0 fully saturated rings. The number of nitrogens with zero attached hydrogens (tertiary/aromatic N) is 3. The van der Waals surface area contributed by atoms with Crippen molar-refractivity contribution in [3.63, 3.8) is 0 Å². The first-order valence-corrected chi connectivity index (χ1v) is 5.67. The summed E-state index contributed by atoms with van der Waals surface area (Å²) in [6, 6.07) is 6.13. The lowest BCUT2D eigenvalue weighted by atomic mass is 10.2. The molecule has 3 nitrogen and oxygen atoms in total. The van der Waals surface area contributed by atoms with Crippen molar-refractivity contribution in [3.8, 4) is 5.69 Å². The van der Waals surface area contributed by atoms with E-state index < -0.39 is 0 Å². The molecule has 0 atom stereocenters. The predicted molar refractivity (Wildman–Crippen MR) is 63.2 cm³/mol. The summed E-state index contributed by atoms with van der Waals surface area (Å²) in [5.74, 6) is 0. The number of hydrogen-bond acceptors (Lipinski definition) is 2. The van der Waals surface area contributed by atoms with E-state index in [4.69, 9.17) is 0 Å². The molecule has 0 aliphatic heterocycles. The van der Waals surface area contributed by atoms with E-state index in [1.165, 1.54) is 5.56 Å². The number of aromatic nitrogens is 3. The average Bonchev–Trinajstić information content (AvgIpc) is 2.70. The maximum atomic E-state index is 4.11. The molecule has 0 bridgehead atoms. The number of halogens is 1. The Labute approximate surface area is 97.2 Å². The van der Waals surface area contributed by atoms with Gasteiger partial charge in [0.15, 0.2) is 0 Å². The van der Waals surface area contributed by atoms with Crippen molar-refractivity contribution in [3.05, 3.63) is 40.1 Å². The minimum Gasteiger partial charge on any atom is -0.220 e. The maximum absolute atomic E-state index is 4.11. The maximum Gasteiger partial charge on any atom is 0.0829 e. The summed E-state index contributed by atoms with van der Waals surface area (Å²) in [5, 5.41) is 8.18. The van der Waals surface area contributed by atoms with Crippen molar-refractivity contribution in [2.45, 2.75) is 20.3 Å². The van der Waals surface area contributed by atoms with Crippen LogP contribution in [0.2, 0.25) is 0 Å². The largest absolute Gasteiger partial charge is 0.220 e. The van der Waals surface area contributed by atoms with Crippen LogP contribution in [-0.2, 0) is 6.42 Å². The molecule has 1 aromatic heterocycles. The van der Waals surface area contributed by atoms with Gasteiger partial charge in [-0.15, -0.1) is 5.10 Å². The Hall–Kier alpha value is -1.16. The van der Waals surface area contributed by atoms with Gasteiger partial charge in [-0.05, 0) is 31.0 Å². The highest BCUT2D eigenvalue weighted by molar-refractivity contribution is 9.10. The van der Waals surface area contributed by atoms with Gasteiger partial charge in [0.05, 0.1) is 17.6 Å². The average molecular weight is 266 g/mol. The SMILES string of the molecule is CCc1cn(-c2cc(Br)ccc2C)nn1. The normalized spacial score (nSPS) is 10.6. The van der Waals surface area contributed by atoms with Gasteiger partial charge in [0.1, 0.15) is 0 Å². The van der Waals surface area contributed by atoms with E-state index in [2.05, 4.69) is 46.2 Å². The van der Waals surface area contributed by atoms with Gasteiger partial charge in [-0.3, -0.25) is 0 Å². The third kappa shape index (κ3) is 2.09. The minimum atomic E-state index is 0.910.